The molecule has 0 aliphatic heterocycles. The molecule has 0 atom stereocenters. The van der Waals surface area contributed by atoms with Crippen LogP contribution in [0.3, 0.4) is 0 Å². The van der Waals surface area contributed by atoms with Gasteiger partial charge < -0.3 is 10.5 Å². The number of nitrogens with zero attached hydrogens (tertiary/aromatic N) is 3. The largest absolute Gasteiger partial charge is 0.497 e. The first-order chi connectivity index (χ1) is 9.91. The van der Waals surface area contributed by atoms with Crippen molar-refractivity contribution in [3.63, 3.8) is 0 Å². The first-order valence-electron chi connectivity index (χ1n) is 5.86. The van der Waals surface area contributed by atoms with Gasteiger partial charge in [0.05, 0.1) is 18.2 Å². The Hall–Kier alpha value is -2.71. The lowest BCUT2D eigenvalue weighted by atomic mass is 10.3. The van der Waals surface area contributed by atoms with E-state index in [1.165, 1.54) is 7.11 Å². The van der Waals surface area contributed by atoms with Crippen molar-refractivity contribution in [2.45, 2.75) is 6.18 Å². The average molecular weight is 297 g/mol. The van der Waals surface area contributed by atoms with Crippen LogP contribution >= 0.6 is 0 Å². The molecule has 6 nitrogen and oxygen atoms in total. The highest BCUT2D eigenvalue weighted by atomic mass is 19.4. The Morgan fingerprint density at radius 3 is 2.76 bits per heavy atom. The number of alkyl halides is 3. The molecule has 3 rings (SSSR count). The van der Waals surface area contributed by atoms with Crippen molar-refractivity contribution in [2.24, 2.45) is 0 Å². The monoisotopic (exact) mass is 297 g/mol. The smallest absolute Gasteiger partial charge is 0.436 e. The Bertz CT molecular complexity index is 805. The zero-order valence-corrected chi connectivity index (χ0v) is 10.8. The van der Waals surface area contributed by atoms with Gasteiger partial charge in [-0.15, -0.1) is 0 Å². The van der Waals surface area contributed by atoms with Crippen molar-refractivity contribution < 1.29 is 17.9 Å². The fourth-order valence-corrected chi connectivity index (χ4v) is 2.05. The van der Waals surface area contributed by atoms with Gasteiger partial charge >= 0.3 is 6.18 Å². The first kappa shape index (κ1) is 13.3. The topological polar surface area (TPSA) is 81.8 Å². The van der Waals surface area contributed by atoms with Crippen LogP contribution in [0, 0.1) is 0 Å². The van der Waals surface area contributed by atoms with Crippen LogP contribution in [0.5, 0.6) is 5.75 Å². The number of nitrogens with two attached hydrogens (primary N) is 1. The van der Waals surface area contributed by atoms with Gasteiger partial charge in [0.25, 0.3) is 0 Å². The number of H-pyrrole nitrogens is 1. The number of hydrogen-bond acceptors (Lipinski definition) is 4. The number of nitrogens with one attached hydrogen (secondary N) is 1. The Labute approximate surface area is 116 Å². The predicted octanol–water partition coefficient (Wildman–Crippen LogP) is 2.36. The summed E-state index contributed by atoms with van der Waals surface area (Å²) in [5, 5.41) is 9.49. The van der Waals surface area contributed by atoms with Gasteiger partial charge in [-0.2, -0.15) is 23.4 Å². The molecule has 9 heteroatoms. The minimum Gasteiger partial charge on any atom is -0.497 e. The van der Waals surface area contributed by atoms with E-state index in [-0.39, 0.29) is 16.9 Å². The highest BCUT2D eigenvalue weighted by Gasteiger charge is 2.39. The minimum absolute atomic E-state index is 0.00748. The molecule has 0 bridgehead atoms. The van der Waals surface area contributed by atoms with Gasteiger partial charge in [0.15, 0.2) is 11.3 Å². The first-order valence-corrected chi connectivity index (χ1v) is 5.86. The number of aromatic nitrogens is 4. The maximum atomic E-state index is 13.1. The molecule has 2 aromatic heterocycles. The molecule has 0 fully saturated rings. The number of aromatic amines is 1. The molecular weight excluding hydrogens is 287 g/mol. The number of nitrogen functional groups attached to an aromatic ring is 1. The molecule has 2 heterocycles. The molecular formula is C12H10F3N5O. The van der Waals surface area contributed by atoms with Crippen molar-refractivity contribution >= 4 is 16.9 Å². The molecule has 0 spiro atoms. The van der Waals surface area contributed by atoms with Gasteiger partial charge in [0.1, 0.15) is 11.6 Å². The molecule has 0 unspecified atom stereocenters. The summed E-state index contributed by atoms with van der Waals surface area (Å²) in [7, 11) is 1.46. The van der Waals surface area contributed by atoms with Gasteiger partial charge in [-0.3, -0.25) is 5.10 Å². The fraction of sp³-hybridized carbons (Fsp3) is 0.167. The van der Waals surface area contributed by atoms with Crippen LogP contribution in [0.1, 0.15) is 5.69 Å². The molecule has 0 amide bonds. The van der Waals surface area contributed by atoms with Gasteiger partial charge in [-0.05, 0) is 12.1 Å². The Balaban J connectivity index is 2.28. The number of anilines is 1. The Kier molecular flexibility index (Phi) is 2.78. The van der Waals surface area contributed by atoms with E-state index in [1.54, 1.807) is 24.3 Å². The number of fused-ring (bicyclic) bond motifs is 1. The third kappa shape index (κ3) is 2.06. The van der Waals surface area contributed by atoms with Gasteiger partial charge in [0, 0.05) is 6.07 Å². The second-order valence-electron chi connectivity index (χ2n) is 4.30. The van der Waals surface area contributed by atoms with E-state index < -0.39 is 11.9 Å². The van der Waals surface area contributed by atoms with E-state index in [2.05, 4.69) is 15.3 Å². The molecule has 0 aliphatic rings. The van der Waals surface area contributed by atoms with Crippen LogP contribution in [0.2, 0.25) is 0 Å². The highest BCUT2D eigenvalue weighted by Crippen LogP contribution is 2.36. The van der Waals surface area contributed by atoms with Crippen LogP contribution < -0.4 is 10.5 Å². The van der Waals surface area contributed by atoms with E-state index in [1.807, 2.05) is 0 Å². The number of benzene rings is 1. The molecule has 3 N–H and O–H groups in total. The highest BCUT2D eigenvalue weighted by molar-refractivity contribution is 5.90. The zero-order valence-electron chi connectivity index (χ0n) is 10.8. The minimum atomic E-state index is -4.62. The molecule has 1 aromatic carbocycles. The Morgan fingerprint density at radius 2 is 2.10 bits per heavy atom. The van der Waals surface area contributed by atoms with Gasteiger partial charge in [-0.25, -0.2) is 4.68 Å². The van der Waals surface area contributed by atoms with Crippen molar-refractivity contribution in [2.75, 3.05) is 12.8 Å². The van der Waals surface area contributed by atoms with E-state index in [0.29, 0.717) is 11.4 Å². The molecule has 0 radical (unpaired) electrons. The summed E-state index contributed by atoms with van der Waals surface area (Å²) in [5.41, 5.74) is 4.85. The molecule has 3 aromatic rings. The standard InChI is InChI=1S/C12H10F3N5O/c1-21-7-4-2-3-6(5-7)20-11-8(10(16)17-18-11)9(19-20)12(13,14)15/h2-5H,1H3,(H3,16,17,18). The number of methoxy groups -OCH3 is 1. The average Bonchev–Trinajstić information content (AvgIpc) is 2.99. The lowest BCUT2D eigenvalue weighted by molar-refractivity contribution is -0.140. The van der Waals surface area contributed by atoms with E-state index in [9.17, 15) is 13.2 Å². The summed E-state index contributed by atoms with van der Waals surface area (Å²) in [6, 6.07) is 6.47. The van der Waals surface area contributed by atoms with Crippen LogP contribution in [0.4, 0.5) is 19.0 Å². The summed E-state index contributed by atoms with van der Waals surface area (Å²) in [6.45, 7) is 0. The maximum Gasteiger partial charge on any atom is 0.436 e. The molecule has 21 heavy (non-hydrogen) atoms. The normalized spacial score (nSPS) is 12.0. The van der Waals surface area contributed by atoms with Crippen LogP contribution in [-0.4, -0.2) is 27.1 Å². The fourth-order valence-electron chi connectivity index (χ4n) is 2.05. The van der Waals surface area contributed by atoms with Gasteiger partial charge in [0.2, 0.25) is 0 Å². The summed E-state index contributed by atoms with van der Waals surface area (Å²) in [4.78, 5) is 0. The van der Waals surface area contributed by atoms with E-state index in [4.69, 9.17) is 10.5 Å². The number of rotatable bonds is 2. The lowest BCUT2D eigenvalue weighted by Crippen LogP contribution is -2.08. The van der Waals surface area contributed by atoms with Crippen LogP contribution in [0.15, 0.2) is 24.3 Å². The van der Waals surface area contributed by atoms with Crippen molar-refractivity contribution in [3.05, 3.63) is 30.0 Å². The third-order valence-electron chi connectivity index (χ3n) is 2.98. The molecule has 0 saturated heterocycles. The van der Waals surface area contributed by atoms with Crippen molar-refractivity contribution in [3.8, 4) is 11.4 Å². The number of ether oxygens (including phenoxy) is 1. The molecule has 110 valence electrons. The quantitative estimate of drug-likeness (QED) is 0.760. The van der Waals surface area contributed by atoms with Crippen LogP contribution in [0.25, 0.3) is 16.7 Å². The second-order valence-corrected chi connectivity index (χ2v) is 4.30. The number of halogens is 3. The SMILES string of the molecule is COc1cccc(-n2nc(C(F)(F)F)c3c(N)[nH]nc32)c1. The maximum absolute atomic E-state index is 13.1. The van der Waals surface area contributed by atoms with Crippen molar-refractivity contribution in [1.29, 1.82) is 0 Å². The third-order valence-corrected chi connectivity index (χ3v) is 2.98. The predicted molar refractivity (Wildman–Crippen MR) is 69.2 cm³/mol. The summed E-state index contributed by atoms with van der Waals surface area (Å²) >= 11 is 0. The lowest BCUT2D eigenvalue weighted by Gasteiger charge is -2.05. The molecule has 0 aliphatic carbocycles. The van der Waals surface area contributed by atoms with E-state index in [0.717, 1.165) is 4.68 Å². The van der Waals surface area contributed by atoms with Crippen LogP contribution in [-0.2, 0) is 6.18 Å². The summed E-state index contributed by atoms with van der Waals surface area (Å²) < 4.78 is 45.3. The molecule has 0 saturated carbocycles. The summed E-state index contributed by atoms with van der Waals surface area (Å²) in [6.07, 6.45) is -4.62. The van der Waals surface area contributed by atoms with Crippen molar-refractivity contribution in [1.82, 2.24) is 20.0 Å². The van der Waals surface area contributed by atoms with E-state index >= 15 is 0 Å². The zero-order chi connectivity index (χ0) is 15.2. The Morgan fingerprint density at radius 1 is 1.33 bits per heavy atom. The summed E-state index contributed by atoms with van der Waals surface area (Å²) in [5.74, 6) is 0.319. The van der Waals surface area contributed by atoms with Gasteiger partial charge in [-0.1, -0.05) is 6.07 Å². The second kappa shape index (κ2) is 4.40. The number of hydrogen-bond donors (Lipinski definition) is 2.